The van der Waals surface area contributed by atoms with Crippen molar-refractivity contribution in [3.05, 3.63) is 28.2 Å². The minimum atomic E-state index is -3.08. The number of benzene rings is 1. The number of halogens is 2. The van der Waals surface area contributed by atoms with Crippen LogP contribution in [0.2, 0.25) is 10.0 Å². The molecule has 0 heterocycles. The van der Waals surface area contributed by atoms with Gasteiger partial charge in [0.25, 0.3) is 5.91 Å². The number of sulfone groups is 1. The fraction of sp³-hybridized carbons (Fsp3) is 0.417. The molecule has 0 aliphatic carbocycles. The first-order chi connectivity index (χ1) is 9.34. The summed E-state index contributed by atoms with van der Waals surface area (Å²) in [5.74, 6) is -0.0110. The molecule has 0 aliphatic heterocycles. The number of carbonyl (C=O) groups is 1. The average Bonchev–Trinajstić information content (AvgIpc) is 2.40. The summed E-state index contributed by atoms with van der Waals surface area (Å²) < 4.78 is 27.6. The molecule has 0 bridgehead atoms. The second-order valence-corrected chi connectivity index (χ2v) is 7.24. The topological polar surface area (TPSA) is 72.5 Å². The van der Waals surface area contributed by atoms with E-state index < -0.39 is 15.7 Å². The van der Waals surface area contributed by atoms with Crippen molar-refractivity contribution in [2.75, 3.05) is 24.7 Å². The highest BCUT2D eigenvalue weighted by molar-refractivity contribution is 7.91. The molecule has 1 N–H and O–H groups in total. The Bertz CT molecular complexity index is 575. The van der Waals surface area contributed by atoms with Gasteiger partial charge in [0.1, 0.15) is 5.75 Å². The van der Waals surface area contributed by atoms with E-state index in [1.54, 1.807) is 19.1 Å². The maximum atomic E-state index is 11.5. The molecule has 0 atom stereocenters. The standard InChI is InChI=1S/C12H15Cl2NO4S/c1-2-20(17,18)6-5-15-12(16)8-19-9-3-4-10(13)11(14)7-9/h3-4,7H,2,5-6,8H2,1H3,(H,15,16). The van der Waals surface area contributed by atoms with Crippen LogP contribution < -0.4 is 10.1 Å². The van der Waals surface area contributed by atoms with Gasteiger partial charge in [0.2, 0.25) is 0 Å². The summed E-state index contributed by atoms with van der Waals surface area (Å²) in [5, 5.41) is 3.20. The highest BCUT2D eigenvalue weighted by atomic mass is 35.5. The Labute approximate surface area is 128 Å². The lowest BCUT2D eigenvalue weighted by Gasteiger charge is -2.08. The van der Waals surface area contributed by atoms with Crippen molar-refractivity contribution in [3.63, 3.8) is 0 Å². The number of carbonyl (C=O) groups excluding carboxylic acids is 1. The number of hydrogen-bond acceptors (Lipinski definition) is 4. The lowest BCUT2D eigenvalue weighted by atomic mass is 10.3. The largest absolute Gasteiger partial charge is 0.484 e. The van der Waals surface area contributed by atoms with E-state index in [2.05, 4.69) is 5.32 Å². The van der Waals surface area contributed by atoms with Crippen molar-refractivity contribution in [2.24, 2.45) is 0 Å². The van der Waals surface area contributed by atoms with E-state index in [9.17, 15) is 13.2 Å². The first-order valence-corrected chi connectivity index (χ1v) is 8.47. The van der Waals surface area contributed by atoms with Gasteiger partial charge in [-0.2, -0.15) is 0 Å². The van der Waals surface area contributed by atoms with Gasteiger partial charge in [0.15, 0.2) is 16.4 Å². The monoisotopic (exact) mass is 339 g/mol. The molecule has 1 aromatic rings. The molecule has 5 nitrogen and oxygen atoms in total. The Morgan fingerprint density at radius 1 is 1.30 bits per heavy atom. The molecule has 112 valence electrons. The third-order valence-corrected chi connectivity index (χ3v) is 4.88. The molecule has 0 aromatic heterocycles. The molecule has 0 spiro atoms. The summed E-state index contributed by atoms with van der Waals surface area (Å²) in [7, 11) is -3.08. The maximum absolute atomic E-state index is 11.5. The quantitative estimate of drug-likeness (QED) is 0.823. The molecule has 0 radical (unpaired) electrons. The second-order valence-electron chi connectivity index (χ2n) is 3.95. The average molecular weight is 340 g/mol. The summed E-state index contributed by atoms with van der Waals surface area (Å²) in [6.45, 7) is 1.41. The Hall–Kier alpha value is -0.980. The minimum absolute atomic E-state index is 0.0582. The number of hydrogen-bond donors (Lipinski definition) is 1. The van der Waals surface area contributed by atoms with Crippen molar-refractivity contribution in [1.29, 1.82) is 0 Å². The van der Waals surface area contributed by atoms with E-state index in [0.717, 1.165) is 0 Å². The predicted molar refractivity (Wildman–Crippen MR) is 79.3 cm³/mol. The van der Waals surface area contributed by atoms with Crippen LogP contribution >= 0.6 is 23.2 Å². The lowest BCUT2D eigenvalue weighted by molar-refractivity contribution is -0.122. The van der Waals surface area contributed by atoms with Gasteiger partial charge in [-0.25, -0.2) is 8.42 Å². The number of nitrogens with one attached hydrogen (secondary N) is 1. The van der Waals surface area contributed by atoms with E-state index in [1.807, 2.05) is 0 Å². The normalized spacial score (nSPS) is 11.2. The summed E-state index contributed by atoms with van der Waals surface area (Å²) >= 11 is 11.5. The van der Waals surface area contributed by atoms with Gasteiger partial charge in [-0.1, -0.05) is 30.1 Å². The SMILES string of the molecule is CCS(=O)(=O)CCNC(=O)COc1ccc(Cl)c(Cl)c1. The van der Waals surface area contributed by atoms with Crippen molar-refractivity contribution in [2.45, 2.75) is 6.92 Å². The zero-order chi connectivity index (χ0) is 15.2. The van der Waals surface area contributed by atoms with Crippen molar-refractivity contribution < 1.29 is 17.9 Å². The van der Waals surface area contributed by atoms with Crippen molar-refractivity contribution in [1.82, 2.24) is 5.32 Å². The maximum Gasteiger partial charge on any atom is 0.257 e. The van der Waals surface area contributed by atoms with Crippen LogP contribution in [-0.2, 0) is 14.6 Å². The zero-order valence-corrected chi connectivity index (χ0v) is 13.2. The lowest BCUT2D eigenvalue weighted by Crippen LogP contribution is -2.33. The summed E-state index contributed by atoms with van der Waals surface area (Å²) in [6.07, 6.45) is 0. The Morgan fingerprint density at radius 2 is 2.00 bits per heavy atom. The Morgan fingerprint density at radius 3 is 2.60 bits per heavy atom. The first-order valence-electron chi connectivity index (χ1n) is 5.89. The van der Waals surface area contributed by atoms with Gasteiger partial charge in [-0.15, -0.1) is 0 Å². The van der Waals surface area contributed by atoms with Crippen LogP contribution in [0.4, 0.5) is 0 Å². The van der Waals surface area contributed by atoms with Gasteiger partial charge in [0, 0.05) is 18.4 Å². The van der Waals surface area contributed by atoms with Crippen molar-refractivity contribution in [3.8, 4) is 5.75 Å². The van der Waals surface area contributed by atoms with Crippen LogP contribution in [0.25, 0.3) is 0 Å². The number of rotatable bonds is 7. The molecule has 0 saturated heterocycles. The Kier molecular flexibility index (Phi) is 6.58. The van der Waals surface area contributed by atoms with Gasteiger partial charge in [-0.05, 0) is 12.1 Å². The van der Waals surface area contributed by atoms with Gasteiger partial charge in [-0.3, -0.25) is 4.79 Å². The zero-order valence-electron chi connectivity index (χ0n) is 10.9. The fourth-order valence-electron chi connectivity index (χ4n) is 1.26. The van der Waals surface area contributed by atoms with Crippen LogP contribution in [0.1, 0.15) is 6.92 Å². The fourth-order valence-corrected chi connectivity index (χ4v) is 2.25. The molecular formula is C12H15Cl2NO4S. The predicted octanol–water partition coefficient (Wildman–Crippen LogP) is 1.92. The first kappa shape index (κ1) is 17.1. The van der Waals surface area contributed by atoms with E-state index >= 15 is 0 Å². The van der Waals surface area contributed by atoms with Gasteiger partial charge in [0.05, 0.1) is 15.8 Å². The summed E-state index contributed by atoms with van der Waals surface area (Å²) in [6, 6.07) is 4.65. The highest BCUT2D eigenvalue weighted by Gasteiger charge is 2.09. The molecule has 1 rings (SSSR count). The molecule has 1 aromatic carbocycles. The van der Waals surface area contributed by atoms with Crippen LogP contribution in [0.3, 0.4) is 0 Å². The van der Waals surface area contributed by atoms with Crippen LogP contribution in [-0.4, -0.2) is 39.0 Å². The highest BCUT2D eigenvalue weighted by Crippen LogP contribution is 2.26. The third-order valence-electron chi connectivity index (χ3n) is 2.44. The van der Waals surface area contributed by atoms with Crippen molar-refractivity contribution >= 4 is 38.9 Å². The van der Waals surface area contributed by atoms with Gasteiger partial charge >= 0.3 is 0 Å². The third kappa shape index (κ3) is 5.98. The molecule has 0 aliphatic rings. The molecule has 20 heavy (non-hydrogen) atoms. The molecular weight excluding hydrogens is 325 g/mol. The smallest absolute Gasteiger partial charge is 0.257 e. The number of amides is 1. The Balaban J connectivity index is 2.35. The molecule has 8 heteroatoms. The summed E-state index contributed by atoms with van der Waals surface area (Å²) in [4.78, 5) is 11.5. The van der Waals surface area contributed by atoms with E-state index in [-0.39, 0.29) is 24.7 Å². The van der Waals surface area contributed by atoms with E-state index in [1.165, 1.54) is 6.07 Å². The molecule has 0 saturated carbocycles. The van der Waals surface area contributed by atoms with Crippen LogP contribution in [0, 0.1) is 0 Å². The summed E-state index contributed by atoms with van der Waals surface area (Å²) in [5.41, 5.74) is 0. The molecule has 1 amide bonds. The minimum Gasteiger partial charge on any atom is -0.484 e. The second kappa shape index (κ2) is 7.71. The van der Waals surface area contributed by atoms with Crippen LogP contribution in [0.5, 0.6) is 5.75 Å². The number of ether oxygens (including phenoxy) is 1. The van der Waals surface area contributed by atoms with Gasteiger partial charge < -0.3 is 10.1 Å². The molecule has 0 fully saturated rings. The molecule has 0 unspecified atom stereocenters. The van der Waals surface area contributed by atoms with Crippen LogP contribution in [0.15, 0.2) is 18.2 Å². The van der Waals surface area contributed by atoms with E-state index in [0.29, 0.717) is 15.8 Å². The van der Waals surface area contributed by atoms with E-state index in [4.69, 9.17) is 27.9 Å².